The van der Waals surface area contributed by atoms with Crippen LogP contribution < -0.4 is 5.32 Å². The number of ketones is 1. The standard InChI is InChI=1S/C20H19NO4S/c1-12-7-9-14(10-8-12)19(23)13(2)25-18(22)11-17-20(24)21-15-5-3-4-6-16(15)26-17/h3-10,13,17H,11H2,1-2H3,(H,21,24)/t13-,17-/m0/s1. The summed E-state index contributed by atoms with van der Waals surface area (Å²) < 4.78 is 5.25. The minimum Gasteiger partial charge on any atom is -0.454 e. The second-order valence-corrected chi connectivity index (χ2v) is 7.40. The van der Waals surface area contributed by atoms with E-state index in [2.05, 4.69) is 5.32 Å². The SMILES string of the molecule is Cc1ccc(C(=O)[C@H](C)OC(=O)C[C@@H]2Sc3ccccc3NC2=O)cc1. The molecule has 0 saturated carbocycles. The highest BCUT2D eigenvalue weighted by molar-refractivity contribution is 8.01. The average molecular weight is 369 g/mol. The monoisotopic (exact) mass is 369 g/mol. The number of nitrogens with one attached hydrogen (secondary N) is 1. The number of ether oxygens (including phenoxy) is 1. The number of aryl methyl sites for hydroxylation is 1. The quantitative estimate of drug-likeness (QED) is 0.644. The maximum Gasteiger partial charge on any atom is 0.308 e. The van der Waals surface area contributed by atoms with Crippen molar-refractivity contribution < 1.29 is 19.1 Å². The van der Waals surface area contributed by atoms with Gasteiger partial charge in [-0.2, -0.15) is 0 Å². The summed E-state index contributed by atoms with van der Waals surface area (Å²) in [6.07, 6.45) is -0.981. The number of Topliss-reactive ketones (excluding diaryl/α,β-unsaturated/α-hetero) is 1. The molecule has 2 aromatic carbocycles. The van der Waals surface area contributed by atoms with Crippen molar-refractivity contribution >= 4 is 35.1 Å². The Bertz CT molecular complexity index is 847. The number of hydrogen-bond acceptors (Lipinski definition) is 5. The van der Waals surface area contributed by atoms with Gasteiger partial charge in [0.15, 0.2) is 6.10 Å². The molecule has 0 fully saturated rings. The number of rotatable bonds is 5. The van der Waals surface area contributed by atoms with Gasteiger partial charge in [0.1, 0.15) is 0 Å². The zero-order valence-electron chi connectivity index (χ0n) is 14.5. The van der Waals surface area contributed by atoms with Gasteiger partial charge in [0.25, 0.3) is 0 Å². The number of esters is 1. The molecule has 0 spiro atoms. The first-order valence-corrected chi connectivity index (χ1v) is 9.19. The predicted molar refractivity (Wildman–Crippen MR) is 100 cm³/mol. The molecule has 2 atom stereocenters. The molecule has 3 rings (SSSR count). The van der Waals surface area contributed by atoms with Crippen LogP contribution in [0.15, 0.2) is 53.4 Å². The molecular weight excluding hydrogens is 350 g/mol. The summed E-state index contributed by atoms with van der Waals surface area (Å²) >= 11 is 1.33. The Balaban J connectivity index is 1.59. The molecule has 6 heteroatoms. The van der Waals surface area contributed by atoms with Crippen molar-refractivity contribution in [2.75, 3.05) is 5.32 Å². The van der Waals surface area contributed by atoms with Crippen LogP contribution in [0.25, 0.3) is 0 Å². The molecule has 0 unspecified atom stereocenters. The lowest BCUT2D eigenvalue weighted by atomic mass is 10.1. The molecule has 1 heterocycles. The normalized spacial score (nSPS) is 17.0. The number of fused-ring (bicyclic) bond motifs is 1. The Labute approximate surface area is 156 Å². The fraction of sp³-hybridized carbons (Fsp3) is 0.250. The summed E-state index contributed by atoms with van der Waals surface area (Å²) in [5, 5.41) is 2.22. The first-order chi connectivity index (χ1) is 12.4. The Kier molecular flexibility index (Phi) is 5.42. The molecule has 134 valence electrons. The third kappa shape index (κ3) is 4.14. The molecule has 0 aliphatic carbocycles. The molecule has 1 aliphatic heterocycles. The number of carbonyl (C=O) groups excluding carboxylic acids is 3. The van der Waals surface area contributed by atoms with E-state index in [0.717, 1.165) is 16.1 Å². The number of amides is 1. The number of hydrogen-bond donors (Lipinski definition) is 1. The van der Waals surface area contributed by atoms with E-state index in [-0.39, 0.29) is 18.1 Å². The smallest absolute Gasteiger partial charge is 0.308 e. The van der Waals surface area contributed by atoms with Crippen LogP contribution in [0.4, 0.5) is 5.69 Å². The second kappa shape index (κ2) is 7.74. The number of carbonyl (C=O) groups is 3. The minimum atomic E-state index is -0.894. The van der Waals surface area contributed by atoms with Crippen molar-refractivity contribution in [3.8, 4) is 0 Å². The van der Waals surface area contributed by atoms with Crippen LogP contribution >= 0.6 is 11.8 Å². The van der Waals surface area contributed by atoms with Crippen LogP contribution in [0.1, 0.15) is 29.3 Å². The molecule has 0 saturated heterocycles. The van der Waals surface area contributed by atoms with Gasteiger partial charge in [0.05, 0.1) is 17.4 Å². The summed E-state index contributed by atoms with van der Waals surface area (Å²) in [6, 6.07) is 14.5. The van der Waals surface area contributed by atoms with Crippen molar-refractivity contribution in [3.05, 3.63) is 59.7 Å². The van der Waals surface area contributed by atoms with Crippen LogP contribution in [0, 0.1) is 6.92 Å². The average Bonchev–Trinajstić information content (AvgIpc) is 2.62. The van der Waals surface area contributed by atoms with E-state index in [4.69, 9.17) is 4.74 Å². The molecule has 1 aliphatic rings. The molecule has 0 aromatic heterocycles. The molecule has 1 amide bonds. The molecular formula is C20H19NO4S. The lowest BCUT2D eigenvalue weighted by Gasteiger charge is -2.23. The Hall–Kier alpha value is -2.60. The zero-order chi connectivity index (χ0) is 18.7. The zero-order valence-corrected chi connectivity index (χ0v) is 15.3. The van der Waals surface area contributed by atoms with Gasteiger partial charge in [-0.1, -0.05) is 42.0 Å². The van der Waals surface area contributed by atoms with Crippen LogP contribution in [0.5, 0.6) is 0 Å². The maximum atomic E-state index is 12.3. The maximum absolute atomic E-state index is 12.3. The van der Waals surface area contributed by atoms with Crippen LogP contribution in [-0.4, -0.2) is 29.0 Å². The summed E-state index contributed by atoms with van der Waals surface area (Å²) in [5.74, 6) is -1.06. The third-order valence-corrected chi connectivity index (χ3v) is 5.35. The Morgan fingerprint density at radius 2 is 1.85 bits per heavy atom. The molecule has 0 radical (unpaired) electrons. The topological polar surface area (TPSA) is 72.5 Å². The fourth-order valence-electron chi connectivity index (χ4n) is 2.63. The molecule has 26 heavy (non-hydrogen) atoms. The number of para-hydroxylation sites is 1. The highest BCUT2D eigenvalue weighted by atomic mass is 32.2. The van der Waals surface area contributed by atoms with Crippen LogP contribution in [0.3, 0.4) is 0 Å². The molecule has 0 bridgehead atoms. The van der Waals surface area contributed by atoms with E-state index in [9.17, 15) is 14.4 Å². The first-order valence-electron chi connectivity index (χ1n) is 8.31. The van der Waals surface area contributed by atoms with Crippen molar-refractivity contribution in [2.24, 2.45) is 0 Å². The molecule has 5 nitrogen and oxygen atoms in total. The van der Waals surface area contributed by atoms with E-state index < -0.39 is 17.3 Å². The summed E-state index contributed by atoms with van der Waals surface area (Å²) in [6.45, 7) is 3.48. The molecule has 2 aromatic rings. The van der Waals surface area contributed by atoms with Gasteiger partial charge in [0.2, 0.25) is 11.7 Å². The molecule has 1 N–H and O–H groups in total. The van der Waals surface area contributed by atoms with Crippen molar-refractivity contribution in [3.63, 3.8) is 0 Å². The fourth-order valence-corrected chi connectivity index (χ4v) is 3.72. The van der Waals surface area contributed by atoms with Gasteiger partial charge in [-0.15, -0.1) is 11.8 Å². The number of thioether (sulfide) groups is 1. The predicted octanol–water partition coefficient (Wildman–Crippen LogP) is 3.61. The van der Waals surface area contributed by atoms with Gasteiger partial charge in [-0.25, -0.2) is 0 Å². The number of anilines is 1. The minimum absolute atomic E-state index is 0.0870. The van der Waals surface area contributed by atoms with Gasteiger partial charge in [-0.05, 0) is 26.0 Å². The largest absolute Gasteiger partial charge is 0.454 e. The van der Waals surface area contributed by atoms with Crippen molar-refractivity contribution in [1.82, 2.24) is 0 Å². The van der Waals surface area contributed by atoms with E-state index >= 15 is 0 Å². The highest BCUT2D eigenvalue weighted by Crippen LogP contribution is 2.36. The third-order valence-electron chi connectivity index (χ3n) is 4.07. The van der Waals surface area contributed by atoms with E-state index in [1.807, 2.05) is 43.3 Å². The lowest BCUT2D eigenvalue weighted by Crippen LogP contribution is -2.33. The van der Waals surface area contributed by atoms with Crippen molar-refractivity contribution in [1.29, 1.82) is 0 Å². The number of benzene rings is 2. The van der Waals surface area contributed by atoms with Gasteiger partial charge in [-0.3, -0.25) is 14.4 Å². The van der Waals surface area contributed by atoms with E-state index in [1.54, 1.807) is 19.1 Å². The lowest BCUT2D eigenvalue weighted by molar-refractivity contribution is -0.147. The summed E-state index contributed by atoms with van der Waals surface area (Å²) in [5.41, 5.74) is 2.29. The van der Waals surface area contributed by atoms with Crippen molar-refractivity contribution in [2.45, 2.75) is 36.5 Å². The summed E-state index contributed by atoms with van der Waals surface area (Å²) in [4.78, 5) is 37.6. The highest BCUT2D eigenvalue weighted by Gasteiger charge is 2.30. The van der Waals surface area contributed by atoms with Gasteiger partial charge >= 0.3 is 5.97 Å². The van der Waals surface area contributed by atoms with E-state index in [0.29, 0.717) is 5.56 Å². The van der Waals surface area contributed by atoms with E-state index in [1.165, 1.54) is 11.8 Å². The van der Waals surface area contributed by atoms with Gasteiger partial charge < -0.3 is 10.1 Å². The Morgan fingerprint density at radius 1 is 1.15 bits per heavy atom. The van der Waals surface area contributed by atoms with Crippen LogP contribution in [-0.2, 0) is 14.3 Å². The van der Waals surface area contributed by atoms with Gasteiger partial charge in [0, 0.05) is 10.5 Å². The van der Waals surface area contributed by atoms with Crippen LogP contribution in [0.2, 0.25) is 0 Å². The first kappa shape index (κ1) is 18.2. The summed E-state index contributed by atoms with van der Waals surface area (Å²) in [7, 11) is 0. The second-order valence-electron chi connectivity index (χ2n) is 6.16. The Morgan fingerprint density at radius 3 is 2.58 bits per heavy atom.